The number of carbonyl (C=O) groups is 1. The van der Waals surface area contributed by atoms with Gasteiger partial charge in [-0.2, -0.15) is 0 Å². The summed E-state index contributed by atoms with van der Waals surface area (Å²) in [6, 6.07) is 12.6. The number of benzene rings is 2. The van der Waals surface area contributed by atoms with Crippen molar-refractivity contribution in [3.63, 3.8) is 0 Å². The highest BCUT2D eigenvalue weighted by Crippen LogP contribution is 2.34. The van der Waals surface area contributed by atoms with Gasteiger partial charge in [-0.25, -0.2) is 4.98 Å². The van der Waals surface area contributed by atoms with Gasteiger partial charge in [0, 0.05) is 29.9 Å². The van der Waals surface area contributed by atoms with Crippen LogP contribution >= 0.6 is 11.6 Å². The Morgan fingerprint density at radius 2 is 1.82 bits per heavy atom. The largest absolute Gasteiger partial charge is 0.492 e. The summed E-state index contributed by atoms with van der Waals surface area (Å²) in [4.78, 5) is 20.1. The Balaban J connectivity index is 1.36. The first kappa shape index (κ1) is 22.3. The lowest BCUT2D eigenvalue weighted by Crippen LogP contribution is -2.37. The Labute approximate surface area is 200 Å². The number of hydrogen-bond donors (Lipinski definition) is 0. The summed E-state index contributed by atoms with van der Waals surface area (Å²) in [5.74, 6) is 2.26. The standard InChI is InChI=1S/C27H32ClN3O2/c1-18-14-22(15-19(2)26(18)28)33-13-12-30-24-11-7-6-10-23(24)29-27(30)20-16-25(32)31(17-20)21-8-4-3-5-9-21/h6-7,10-11,14-15,20-21H,3-5,8-9,12-13,16-17H2,1-2H3. The molecule has 1 aliphatic heterocycles. The molecule has 0 radical (unpaired) electrons. The van der Waals surface area contributed by atoms with Crippen LogP contribution in [0.4, 0.5) is 0 Å². The second-order valence-electron chi connectivity index (χ2n) is 9.57. The van der Waals surface area contributed by atoms with E-state index in [9.17, 15) is 4.79 Å². The Kier molecular flexibility index (Phi) is 6.33. The molecule has 1 aliphatic carbocycles. The van der Waals surface area contributed by atoms with Crippen molar-refractivity contribution in [2.75, 3.05) is 13.2 Å². The number of hydrogen-bond acceptors (Lipinski definition) is 3. The predicted octanol–water partition coefficient (Wildman–Crippen LogP) is 6.03. The van der Waals surface area contributed by atoms with Crippen molar-refractivity contribution >= 4 is 28.5 Å². The van der Waals surface area contributed by atoms with Gasteiger partial charge in [0.2, 0.25) is 5.91 Å². The first-order chi connectivity index (χ1) is 16.0. The molecule has 0 spiro atoms. The van der Waals surface area contributed by atoms with Gasteiger partial charge in [0.1, 0.15) is 18.2 Å². The fraction of sp³-hybridized carbons (Fsp3) is 0.481. The molecule has 0 N–H and O–H groups in total. The van der Waals surface area contributed by atoms with Crippen LogP contribution in [0.1, 0.15) is 61.4 Å². The molecule has 0 bridgehead atoms. The van der Waals surface area contributed by atoms with Gasteiger partial charge in [0.15, 0.2) is 0 Å². The third-order valence-electron chi connectivity index (χ3n) is 7.22. The van der Waals surface area contributed by atoms with E-state index in [1.807, 2.05) is 38.1 Å². The summed E-state index contributed by atoms with van der Waals surface area (Å²) in [7, 11) is 0. The highest BCUT2D eigenvalue weighted by Gasteiger charge is 2.37. The number of fused-ring (bicyclic) bond motifs is 1. The number of likely N-dealkylation sites (tertiary alicyclic amines) is 1. The first-order valence-electron chi connectivity index (χ1n) is 12.2. The van der Waals surface area contributed by atoms with Crippen molar-refractivity contribution < 1.29 is 9.53 Å². The number of imidazole rings is 1. The maximum Gasteiger partial charge on any atom is 0.223 e. The Morgan fingerprint density at radius 3 is 2.58 bits per heavy atom. The molecule has 1 saturated heterocycles. The van der Waals surface area contributed by atoms with Gasteiger partial charge < -0.3 is 14.2 Å². The summed E-state index contributed by atoms with van der Waals surface area (Å²) < 4.78 is 8.37. The molecular formula is C27H32ClN3O2. The first-order valence-corrected chi connectivity index (χ1v) is 12.5. The number of para-hydroxylation sites is 2. The minimum Gasteiger partial charge on any atom is -0.492 e. The van der Waals surface area contributed by atoms with E-state index >= 15 is 0 Å². The minimum atomic E-state index is 0.131. The molecule has 2 aromatic carbocycles. The summed E-state index contributed by atoms with van der Waals surface area (Å²) in [5.41, 5.74) is 4.12. The molecule has 2 heterocycles. The van der Waals surface area contributed by atoms with E-state index in [1.54, 1.807) is 0 Å². The predicted molar refractivity (Wildman–Crippen MR) is 132 cm³/mol. The van der Waals surface area contributed by atoms with Crippen LogP contribution in [0, 0.1) is 13.8 Å². The number of nitrogens with zero attached hydrogens (tertiary/aromatic N) is 3. The van der Waals surface area contributed by atoms with Gasteiger partial charge in [-0.05, 0) is 62.1 Å². The van der Waals surface area contributed by atoms with Crippen LogP contribution in [-0.4, -0.2) is 39.6 Å². The Bertz CT molecular complexity index is 1140. The zero-order valence-electron chi connectivity index (χ0n) is 19.5. The fourth-order valence-corrected chi connectivity index (χ4v) is 5.64. The number of carbonyl (C=O) groups excluding carboxylic acids is 1. The molecule has 3 aromatic rings. The molecule has 174 valence electrons. The third kappa shape index (κ3) is 4.48. The Morgan fingerprint density at radius 1 is 1.09 bits per heavy atom. The number of aromatic nitrogens is 2. The number of aryl methyl sites for hydroxylation is 2. The summed E-state index contributed by atoms with van der Waals surface area (Å²) in [6.07, 6.45) is 6.60. The molecule has 5 rings (SSSR count). The van der Waals surface area contributed by atoms with Crippen molar-refractivity contribution in [2.45, 2.75) is 70.9 Å². The normalized spacial score (nSPS) is 19.5. The van der Waals surface area contributed by atoms with Gasteiger partial charge >= 0.3 is 0 Å². The molecule has 5 nitrogen and oxygen atoms in total. The van der Waals surface area contributed by atoms with Crippen LogP contribution in [0.5, 0.6) is 5.75 Å². The lowest BCUT2D eigenvalue weighted by atomic mass is 9.94. The van der Waals surface area contributed by atoms with E-state index in [-0.39, 0.29) is 11.8 Å². The molecule has 1 unspecified atom stereocenters. The lowest BCUT2D eigenvalue weighted by molar-refractivity contribution is -0.130. The van der Waals surface area contributed by atoms with Gasteiger partial charge in [0.25, 0.3) is 0 Å². The smallest absolute Gasteiger partial charge is 0.223 e. The van der Waals surface area contributed by atoms with E-state index in [1.165, 1.54) is 19.3 Å². The molecule has 1 saturated carbocycles. The topological polar surface area (TPSA) is 47.4 Å². The molecule has 1 aromatic heterocycles. The van der Waals surface area contributed by atoms with E-state index in [2.05, 4.69) is 21.6 Å². The lowest BCUT2D eigenvalue weighted by Gasteiger charge is -2.31. The number of halogens is 1. The zero-order chi connectivity index (χ0) is 22.9. The average Bonchev–Trinajstić information content (AvgIpc) is 3.38. The maximum absolute atomic E-state index is 12.9. The van der Waals surface area contributed by atoms with Crippen molar-refractivity contribution in [3.05, 3.63) is 58.4 Å². The molecular weight excluding hydrogens is 434 g/mol. The SMILES string of the molecule is Cc1cc(OCCn2c(C3CC(=O)N(C4CCCCC4)C3)nc3ccccc32)cc(C)c1Cl. The summed E-state index contributed by atoms with van der Waals surface area (Å²) in [5, 5.41) is 0.790. The molecule has 33 heavy (non-hydrogen) atoms. The highest BCUT2D eigenvalue weighted by atomic mass is 35.5. The van der Waals surface area contributed by atoms with Crippen molar-refractivity contribution in [1.29, 1.82) is 0 Å². The molecule has 2 aliphatic rings. The average molecular weight is 466 g/mol. The second kappa shape index (κ2) is 9.38. The number of amides is 1. The zero-order valence-corrected chi connectivity index (χ0v) is 20.3. The van der Waals surface area contributed by atoms with Crippen LogP contribution in [0.15, 0.2) is 36.4 Å². The fourth-order valence-electron chi connectivity index (χ4n) is 5.54. The number of rotatable bonds is 6. The van der Waals surface area contributed by atoms with Crippen LogP contribution in [0.3, 0.4) is 0 Å². The highest BCUT2D eigenvalue weighted by molar-refractivity contribution is 6.32. The molecule has 2 fully saturated rings. The molecule has 6 heteroatoms. The molecule has 1 atom stereocenters. The quantitative estimate of drug-likeness (QED) is 0.446. The van der Waals surface area contributed by atoms with Crippen molar-refractivity contribution in [3.8, 4) is 5.75 Å². The van der Waals surface area contributed by atoms with Crippen LogP contribution in [-0.2, 0) is 11.3 Å². The van der Waals surface area contributed by atoms with Crippen LogP contribution < -0.4 is 4.74 Å². The third-order valence-corrected chi connectivity index (χ3v) is 7.81. The van der Waals surface area contributed by atoms with Gasteiger partial charge in [0.05, 0.1) is 17.6 Å². The summed E-state index contributed by atoms with van der Waals surface area (Å²) >= 11 is 6.30. The Hall–Kier alpha value is -2.53. The second-order valence-corrected chi connectivity index (χ2v) is 9.95. The van der Waals surface area contributed by atoms with Crippen LogP contribution in [0.2, 0.25) is 5.02 Å². The minimum absolute atomic E-state index is 0.131. The maximum atomic E-state index is 12.9. The van der Waals surface area contributed by atoms with E-state index < -0.39 is 0 Å². The van der Waals surface area contributed by atoms with Gasteiger partial charge in [-0.3, -0.25) is 4.79 Å². The number of ether oxygens (including phenoxy) is 1. The van der Waals surface area contributed by atoms with Gasteiger partial charge in [-0.1, -0.05) is 43.0 Å². The monoisotopic (exact) mass is 465 g/mol. The van der Waals surface area contributed by atoms with E-state index in [0.717, 1.165) is 58.1 Å². The van der Waals surface area contributed by atoms with Crippen molar-refractivity contribution in [2.24, 2.45) is 0 Å². The van der Waals surface area contributed by atoms with E-state index in [0.29, 0.717) is 25.6 Å². The van der Waals surface area contributed by atoms with Crippen LogP contribution in [0.25, 0.3) is 11.0 Å². The van der Waals surface area contributed by atoms with Crippen molar-refractivity contribution in [1.82, 2.24) is 14.5 Å². The van der Waals surface area contributed by atoms with E-state index in [4.69, 9.17) is 21.3 Å². The van der Waals surface area contributed by atoms with Gasteiger partial charge in [-0.15, -0.1) is 0 Å². The summed E-state index contributed by atoms with van der Waals surface area (Å²) in [6.45, 7) is 5.99. The molecule has 1 amide bonds.